The van der Waals surface area contributed by atoms with Crippen molar-refractivity contribution in [1.82, 2.24) is 0 Å². The number of aryl methyl sites for hydroxylation is 1. The van der Waals surface area contributed by atoms with E-state index >= 15 is 0 Å². The fraction of sp³-hybridized carbons (Fsp3) is 0.250. The molecule has 2 aromatic rings. The van der Waals surface area contributed by atoms with Crippen LogP contribution in [-0.4, -0.2) is 14.2 Å². The number of nitrogens with one attached hydrogen (secondary N) is 1. The highest BCUT2D eigenvalue weighted by Gasteiger charge is 2.15. The van der Waals surface area contributed by atoms with Gasteiger partial charge in [-0.05, 0) is 42.3 Å². The van der Waals surface area contributed by atoms with Gasteiger partial charge in [0.05, 0.1) is 16.3 Å². The Balaban J connectivity index is 2.25. The minimum Gasteiger partial charge on any atom is -0.380 e. The second-order valence-corrected chi connectivity index (χ2v) is 7.51. The molecule has 2 rings (SSSR count). The van der Waals surface area contributed by atoms with Crippen molar-refractivity contribution < 1.29 is 8.42 Å². The monoisotopic (exact) mass is 323 g/mol. The Morgan fingerprint density at radius 3 is 2.52 bits per heavy atom. The summed E-state index contributed by atoms with van der Waals surface area (Å²) in [7, 11) is -3.23. The largest absolute Gasteiger partial charge is 0.380 e. The molecule has 3 nitrogen and oxygen atoms in total. The number of rotatable bonds is 5. The first kappa shape index (κ1) is 15.9. The van der Waals surface area contributed by atoms with Crippen LogP contribution in [0.2, 0.25) is 5.02 Å². The molecule has 0 aliphatic heterocycles. The van der Waals surface area contributed by atoms with Crippen LogP contribution in [0.4, 0.5) is 5.69 Å². The summed E-state index contributed by atoms with van der Waals surface area (Å²) in [5.74, 6) is 0.0890. The van der Waals surface area contributed by atoms with Gasteiger partial charge in [-0.2, -0.15) is 0 Å². The van der Waals surface area contributed by atoms with Gasteiger partial charge < -0.3 is 5.32 Å². The molecule has 0 aliphatic rings. The number of benzene rings is 2. The molecular formula is C16H18ClNO2S. The maximum absolute atomic E-state index is 12.1. The van der Waals surface area contributed by atoms with Crippen molar-refractivity contribution in [3.8, 4) is 0 Å². The molecule has 0 radical (unpaired) electrons. The zero-order valence-corrected chi connectivity index (χ0v) is 13.6. The molecule has 0 spiro atoms. The number of hydrogen-bond donors (Lipinski definition) is 1. The minimum atomic E-state index is -3.23. The van der Waals surface area contributed by atoms with Crippen LogP contribution in [-0.2, 0) is 16.4 Å². The lowest BCUT2D eigenvalue weighted by Gasteiger charge is -2.13. The zero-order chi connectivity index (χ0) is 15.5. The van der Waals surface area contributed by atoms with Gasteiger partial charge in [-0.1, -0.05) is 36.7 Å². The molecule has 1 N–H and O–H groups in total. The molecule has 2 aromatic carbocycles. The molecule has 0 heterocycles. The smallest absolute Gasteiger partial charge is 0.180 e. The topological polar surface area (TPSA) is 46.2 Å². The van der Waals surface area contributed by atoms with Gasteiger partial charge in [0, 0.05) is 11.6 Å². The molecular weight excluding hydrogens is 306 g/mol. The first-order valence-corrected chi connectivity index (χ1v) is 8.77. The second kappa shape index (κ2) is 6.50. The van der Waals surface area contributed by atoms with Crippen LogP contribution in [0.25, 0.3) is 0 Å². The normalized spacial score (nSPS) is 11.4. The Bertz CT molecular complexity index is 742. The predicted molar refractivity (Wildman–Crippen MR) is 87.7 cm³/mol. The summed E-state index contributed by atoms with van der Waals surface area (Å²) in [6.07, 6.45) is 0. The van der Waals surface area contributed by atoms with E-state index in [1.54, 1.807) is 25.1 Å². The van der Waals surface area contributed by atoms with E-state index in [9.17, 15) is 8.42 Å². The Kier molecular flexibility index (Phi) is 4.91. The van der Waals surface area contributed by atoms with Crippen molar-refractivity contribution in [3.63, 3.8) is 0 Å². The Hall–Kier alpha value is -1.52. The summed E-state index contributed by atoms with van der Waals surface area (Å²) in [4.78, 5) is 0.346. The van der Waals surface area contributed by atoms with Crippen LogP contribution in [0.1, 0.15) is 18.1 Å². The molecule has 0 unspecified atom stereocenters. The van der Waals surface area contributed by atoms with E-state index in [4.69, 9.17) is 11.6 Å². The van der Waals surface area contributed by atoms with Gasteiger partial charge in [0.25, 0.3) is 0 Å². The lowest BCUT2D eigenvalue weighted by Crippen LogP contribution is -2.09. The molecule has 0 fully saturated rings. The summed E-state index contributed by atoms with van der Waals surface area (Å²) in [6, 6.07) is 12.7. The number of sulfone groups is 1. The first-order valence-electron chi connectivity index (χ1n) is 6.74. The maximum atomic E-state index is 12.1. The van der Waals surface area contributed by atoms with Gasteiger partial charge in [-0.25, -0.2) is 8.42 Å². The van der Waals surface area contributed by atoms with Crippen molar-refractivity contribution in [2.24, 2.45) is 0 Å². The van der Waals surface area contributed by atoms with Crippen molar-refractivity contribution in [2.45, 2.75) is 25.3 Å². The number of hydrogen-bond acceptors (Lipinski definition) is 3. The van der Waals surface area contributed by atoms with Crippen LogP contribution in [0.3, 0.4) is 0 Å². The fourth-order valence-corrected chi connectivity index (χ4v) is 3.39. The molecule has 0 saturated carbocycles. The maximum Gasteiger partial charge on any atom is 0.180 e. The first-order chi connectivity index (χ1) is 9.94. The van der Waals surface area contributed by atoms with E-state index in [1.165, 1.54) is 0 Å². The third kappa shape index (κ3) is 3.77. The van der Waals surface area contributed by atoms with E-state index in [2.05, 4.69) is 5.32 Å². The van der Waals surface area contributed by atoms with Crippen molar-refractivity contribution in [2.75, 3.05) is 11.1 Å². The standard InChI is InChI=1S/C16H18ClNO2S/c1-3-21(19,20)16-7-5-4-6-15(16)18-11-13-8-9-14(17)10-12(13)2/h4-10,18H,3,11H2,1-2H3. The summed E-state index contributed by atoms with van der Waals surface area (Å²) in [5.41, 5.74) is 2.79. The highest BCUT2D eigenvalue weighted by atomic mass is 35.5. The van der Waals surface area contributed by atoms with Crippen LogP contribution in [0.15, 0.2) is 47.4 Å². The van der Waals surface area contributed by atoms with E-state index in [0.717, 1.165) is 11.1 Å². The van der Waals surface area contributed by atoms with Crippen LogP contribution >= 0.6 is 11.6 Å². The molecule has 0 atom stereocenters. The van der Waals surface area contributed by atoms with Crippen LogP contribution in [0.5, 0.6) is 0 Å². The molecule has 0 amide bonds. The molecule has 112 valence electrons. The molecule has 5 heteroatoms. The molecule has 0 aromatic heterocycles. The van der Waals surface area contributed by atoms with E-state index in [-0.39, 0.29) is 5.75 Å². The Labute approximate surface area is 130 Å². The number of anilines is 1. The lowest BCUT2D eigenvalue weighted by molar-refractivity contribution is 0.597. The van der Waals surface area contributed by atoms with Gasteiger partial charge in [-0.15, -0.1) is 0 Å². The number of para-hydroxylation sites is 1. The quantitative estimate of drug-likeness (QED) is 0.902. The van der Waals surface area contributed by atoms with E-state index in [0.29, 0.717) is 22.2 Å². The summed E-state index contributed by atoms with van der Waals surface area (Å²) >= 11 is 5.94. The molecule has 0 aliphatic carbocycles. The van der Waals surface area contributed by atoms with Crippen LogP contribution in [0, 0.1) is 6.92 Å². The number of halogens is 1. The summed E-state index contributed by atoms with van der Waals surface area (Å²) in [5, 5.41) is 3.91. The average molecular weight is 324 g/mol. The van der Waals surface area contributed by atoms with E-state index < -0.39 is 9.84 Å². The second-order valence-electron chi connectivity index (χ2n) is 4.82. The fourth-order valence-electron chi connectivity index (χ4n) is 2.09. The molecule has 0 saturated heterocycles. The van der Waals surface area contributed by atoms with E-state index in [1.807, 2.05) is 31.2 Å². The highest BCUT2D eigenvalue weighted by molar-refractivity contribution is 7.91. The molecule has 0 bridgehead atoms. The molecule has 21 heavy (non-hydrogen) atoms. The predicted octanol–water partition coefficient (Wildman–Crippen LogP) is 4.05. The van der Waals surface area contributed by atoms with Crippen molar-refractivity contribution in [1.29, 1.82) is 0 Å². The Morgan fingerprint density at radius 1 is 1.14 bits per heavy atom. The zero-order valence-electron chi connectivity index (χ0n) is 12.1. The minimum absolute atomic E-state index is 0.0890. The van der Waals surface area contributed by atoms with Crippen molar-refractivity contribution >= 4 is 27.1 Å². The SMILES string of the molecule is CCS(=O)(=O)c1ccccc1NCc1ccc(Cl)cc1C. The van der Waals surface area contributed by atoms with Crippen molar-refractivity contribution in [3.05, 3.63) is 58.6 Å². The van der Waals surface area contributed by atoms with Gasteiger partial charge in [0.2, 0.25) is 0 Å². The summed E-state index contributed by atoms with van der Waals surface area (Å²) in [6.45, 7) is 4.19. The van der Waals surface area contributed by atoms with Gasteiger partial charge in [-0.3, -0.25) is 0 Å². The van der Waals surface area contributed by atoms with Gasteiger partial charge in [0.15, 0.2) is 9.84 Å². The summed E-state index contributed by atoms with van der Waals surface area (Å²) < 4.78 is 24.2. The highest BCUT2D eigenvalue weighted by Crippen LogP contribution is 2.23. The lowest BCUT2D eigenvalue weighted by atomic mass is 10.1. The van der Waals surface area contributed by atoms with Gasteiger partial charge in [0.1, 0.15) is 0 Å². The third-order valence-electron chi connectivity index (χ3n) is 3.38. The van der Waals surface area contributed by atoms with Crippen LogP contribution < -0.4 is 5.32 Å². The average Bonchev–Trinajstić information content (AvgIpc) is 2.46. The third-order valence-corrected chi connectivity index (χ3v) is 5.40. The Morgan fingerprint density at radius 2 is 1.86 bits per heavy atom. The van der Waals surface area contributed by atoms with Gasteiger partial charge >= 0.3 is 0 Å².